The summed E-state index contributed by atoms with van der Waals surface area (Å²) in [5, 5.41) is 7.35. The summed E-state index contributed by atoms with van der Waals surface area (Å²) >= 11 is 1.68. The third-order valence-electron chi connectivity index (χ3n) is 2.41. The van der Waals surface area contributed by atoms with Crippen molar-refractivity contribution in [3.8, 4) is 0 Å². The Bertz CT molecular complexity index is 298. The minimum absolute atomic E-state index is 0.116. The van der Waals surface area contributed by atoms with E-state index in [0.29, 0.717) is 0 Å². The normalized spacial score (nSPS) is 12.5. The molecule has 0 fully saturated rings. The number of nitrogens with zero attached hydrogens (tertiary/aromatic N) is 1. The minimum Gasteiger partial charge on any atom is -0.345 e. The van der Waals surface area contributed by atoms with Crippen molar-refractivity contribution in [3.05, 3.63) is 22.4 Å². The van der Waals surface area contributed by atoms with Crippen LogP contribution < -0.4 is 5.32 Å². The lowest BCUT2D eigenvalue weighted by atomic mass is 10.2. The van der Waals surface area contributed by atoms with Gasteiger partial charge in [0, 0.05) is 20.1 Å². The number of amides is 1. The second-order valence-electron chi connectivity index (χ2n) is 3.59. The van der Waals surface area contributed by atoms with Crippen LogP contribution in [0.2, 0.25) is 0 Å². The number of carbonyl (C=O) groups excluding carboxylic acids is 1. The van der Waals surface area contributed by atoms with Gasteiger partial charge in [-0.15, -0.1) is 0 Å². The lowest BCUT2D eigenvalue weighted by Crippen LogP contribution is -2.42. The fourth-order valence-corrected chi connectivity index (χ4v) is 1.91. The molecule has 0 saturated carbocycles. The van der Waals surface area contributed by atoms with E-state index < -0.39 is 0 Å². The van der Waals surface area contributed by atoms with Gasteiger partial charge in [-0.2, -0.15) is 11.3 Å². The zero-order valence-corrected chi connectivity index (χ0v) is 10.3. The highest BCUT2D eigenvalue weighted by atomic mass is 32.1. The predicted octanol–water partition coefficient (Wildman–Crippen LogP) is 1.70. The number of rotatable bonds is 5. The molecule has 1 amide bonds. The zero-order valence-electron chi connectivity index (χ0n) is 9.49. The summed E-state index contributed by atoms with van der Waals surface area (Å²) in [6.07, 6.45) is 0. The SMILES string of the molecule is CCN(C)C(=O)C(C)NCc1ccsc1. The molecule has 1 N–H and O–H groups in total. The highest BCUT2D eigenvalue weighted by Gasteiger charge is 2.15. The highest BCUT2D eigenvalue weighted by Crippen LogP contribution is 2.05. The molecule has 1 aromatic heterocycles. The Hall–Kier alpha value is -0.870. The molecule has 0 bridgehead atoms. The molecule has 1 heterocycles. The van der Waals surface area contributed by atoms with Crippen molar-refractivity contribution >= 4 is 17.2 Å². The molecule has 4 heteroatoms. The Balaban J connectivity index is 2.35. The Labute approximate surface area is 95.1 Å². The van der Waals surface area contributed by atoms with Gasteiger partial charge in [0.25, 0.3) is 0 Å². The van der Waals surface area contributed by atoms with E-state index in [0.717, 1.165) is 13.1 Å². The third kappa shape index (κ3) is 3.64. The van der Waals surface area contributed by atoms with E-state index >= 15 is 0 Å². The first-order valence-electron chi connectivity index (χ1n) is 5.14. The topological polar surface area (TPSA) is 32.3 Å². The van der Waals surface area contributed by atoms with Crippen molar-refractivity contribution in [1.82, 2.24) is 10.2 Å². The molecule has 0 spiro atoms. The number of carbonyl (C=O) groups is 1. The standard InChI is InChI=1S/C11H18N2OS/c1-4-13(3)11(14)9(2)12-7-10-5-6-15-8-10/h5-6,8-9,12H,4,7H2,1-3H3. The van der Waals surface area contributed by atoms with Crippen LogP contribution in [0.3, 0.4) is 0 Å². The average Bonchev–Trinajstić information content (AvgIpc) is 2.76. The molecule has 0 aliphatic rings. The first-order chi connectivity index (χ1) is 7.15. The van der Waals surface area contributed by atoms with Gasteiger partial charge >= 0.3 is 0 Å². The molecule has 0 radical (unpaired) electrons. The van der Waals surface area contributed by atoms with E-state index in [1.807, 2.05) is 26.3 Å². The molecule has 1 atom stereocenters. The zero-order chi connectivity index (χ0) is 11.3. The minimum atomic E-state index is -0.116. The Morgan fingerprint density at radius 2 is 2.40 bits per heavy atom. The van der Waals surface area contributed by atoms with Crippen LogP contribution in [0, 0.1) is 0 Å². The summed E-state index contributed by atoms with van der Waals surface area (Å²) in [6, 6.07) is 1.95. The van der Waals surface area contributed by atoms with E-state index in [1.165, 1.54) is 5.56 Å². The monoisotopic (exact) mass is 226 g/mol. The van der Waals surface area contributed by atoms with Crippen LogP contribution in [0.4, 0.5) is 0 Å². The number of likely N-dealkylation sites (N-methyl/N-ethyl adjacent to an activating group) is 1. The Morgan fingerprint density at radius 1 is 1.67 bits per heavy atom. The Morgan fingerprint density at radius 3 is 2.93 bits per heavy atom. The van der Waals surface area contributed by atoms with E-state index in [4.69, 9.17) is 0 Å². The van der Waals surface area contributed by atoms with Gasteiger partial charge in [0.05, 0.1) is 6.04 Å². The van der Waals surface area contributed by atoms with E-state index in [9.17, 15) is 4.79 Å². The van der Waals surface area contributed by atoms with E-state index in [-0.39, 0.29) is 11.9 Å². The summed E-state index contributed by atoms with van der Waals surface area (Å²) < 4.78 is 0. The van der Waals surface area contributed by atoms with Crippen molar-refractivity contribution < 1.29 is 4.79 Å². The van der Waals surface area contributed by atoms with Crippen molar-refractivity contribution in [2.45, 2.75) is 26.4 Å². The smallest absolute Gasteiger partial charge is 0.239 e. The van der Waals surface area contributed by atoms with Crippen LogP contribution in [-0.4, -0.2) is 30.4 Å². The van der Waals surface area contributed by atoms with Gasteiger partial charge in [0.15, 0.2) is 0 Å². The van der Waals surface area contributed by atoms with Crippen LogP contribution in [0.15, 0.2) is 16.8 Å². The van der Waals surface area contributed by atoms with Crippen molar-refractivity contribution in [2.24, 2.45) is 0 Å². The summed E-state index contributed by atoms with van der Waals surface area (Å²) in [5.74, 6) is 0.146. The van der Waals surface area contributed by atoms with E-state index in [2.05, 4.69) is 16.8 Å². The molecule has 1 unspecified atom stereocenters. The summed E-state index contributed by atoms with van der Waals surface area (Å²) in [6.45, 7) is 5.39. The fraction of sp³-hybridized carbons (Fsp3) is 0.545. The molecule has 1 aromatic rings. The first kappa shape index (κ1) is 12.2. The third-order valence-corrected chi connectivity index (χ3v) is 3.15. The van der Waals surface area contributed by atoms with Crippen molar-refractivity contribution in [3.63, 3.8) is 0 Å². The predicted molar refractivity (Wildman–Crippen MR) is 63.9 cm³/mol. The van der Waals surface area contributed by atoms with Crippen LogP contribution in [0.5, 0.6) is 0 Å². The van der Waals surface area contributed by atoms with E-state index in [1.54, 1.807) is 16.2 Å². The van der Waals surface area contributed by atoms with Crippen LogP contribution in [0.1, 0.15) is 19.4 Å². The number of hydrogen-bond acceptors (Lipinski definition) is 3. The molecule has 0 saturated heterocycles. The fourth-order valence-electron chi connectivity index (χ4n) is 1.24. The molecule has 0 aromatic carbocycles. The van der Waals surface area contributed by atoms with Crippen LogP contribution in [0.25, 0.3) is 0 Å². The quantitative estimate of drug-likeness (QED) is 0.829. The maximum absolute atomic E-state index is 11.7. The summed E-state index contributed by atoms with van der Waals surface area (Å²) in [5.41, 5.74) is 1.24. The molecule has 84 valence electrons. The second-order valence-corrected chi connectivity index (χ2v) is 4.37. The van der Waals surface area contributed by atoms with Gasteiger partial charge in [-0.25, -0.2) is 0 Å². The molecule has 15 heavy (non-hydrogen) atoms. The van der Waals surface area contributed by atoms with Gasteiger partial charge in [-0.3, -0.25) is 4.79 Å². The summed E-state index contributed by atoms with van der Waals surface area (Å²) in [4.78, 5) is 13.4. The molecule has 0 aliphatic carbocycles. The summed E-state index contributed by atoms with van der Waals surface area (Å²) in [7, 11) is 1.82. The van der Waals surface area contributed by atoms with Crippen LogP contribution >= 0.6 is 11.3 Å². The van der Waals surface area contributed by atoms with Gasteiger partial charge in [0.1, 0.15) is 0 Å². The van der Waals surface area contributed by atoms with Gasteiger partial charge in [-0.1, -0.05) is 0 Å². The van der Waals surface area contributed by atoms with Gasteiger partial charge in [0.2, 0.25) is 5.91 Å². The maximum atomic E-state index is 11.7. The molecule has 0 aliphatic heterocycles. The van der Waals surface area contributed by atoms with Gasteiger partial charge in [-0.05, 0) is 36.2 Å². The van der Waals surface area contributed by atoms with Crippen molar-refractivity contribution in [2.75, 3.05) is 13.6 Å². The molecule has 1 rings (SSSR count). The lowest BCUT2D eigenvalue weighted by Gasteiger charge is -2.20. The largest absolute Gasteiger partial charge is 0.345 e. The maximum Gasteiger partial charge on any atom is 0.239 e. The Kier molecular flexibility index (Phi) is 4.78. The highest BCUT2D eigenvalue weighted by molar-refractivity contribution is 7.07. The molecular weight excluding hydrogens is 208 g/mol. The number of thiophene rings is 1. The van der Waals surface area contributed by atoms with Gasteiger partial charge < -0.3 is 10.2 Å². The lowest BCUT2D eigenvalue weighted by molar-refractivity contribution is -0.131. The second kappa shape index (κ2) is 5.88. The number of hydrogen-bond donors (Lipinski definition) is 1. The first-order valence-corrected chi connectivity index (χ1v) is 6.08. The molecular formula is C11H18N2OS. The molecule has 3 nitrogen and oxygen atoms in total. The van der Waals surface area contributed by atoms with Crippen LogP contribution in [-0.2, 0) is 11.3 Å². The average molecular weight is 226 g/mol. The number of nitrogens with one attached hydrogen (secondary N) is 1. The van der Waals surface area contributed by atoms with Crippen molar-refractivity contribution in [1.29, 1.82) is 0 Å².